The highest BCUT2D eigenvalue weighted by molar-refractivity contribution is 7.89. The van der Waals surface area contributed by atoms with E-state index in [0.29, 0.717) is 18.1 Å². The highest BCUT2D eigenvalue weighted by Gasteiger charge is 2.30. The van der Waals surface area contributed by atoms with E-state index >= 15 is 0 Å². The Hall–Kier alpha value is -1.44. The van der Waals surface area contributed by atoms with Gasteiger partial charge in [0.15, 0.2) is 0 Å². The van der Waals surface area contributed by atoms with Gasteiger partial charge in [0.1, 0.15) is 12.2 Å². The van der Waals surface area contributed by atoms with Crippen LogP contribution >= 0.6 is 11.6 Å². The molecule has 2 aromatic rings. The standard InChI is InChI=1S/C15H19ClN4O2S/c1-2-15-18-17-11-20(15)13-6-8-19(9-7-13)23(21,22)14-5-3-4-12(16)10-14/h3-5,10-11,13H,2,6-9H2,1H3. The van der Waals surface area contributed by atoms with Crippen molar-refractivity contribution in [3.8, 4) is 0 Å². The molecule has 0 aliphatic carbocycles. The molecule has 0 atom stereocenters. The van der Waals surface area contributed by atoms with Crippen molar-refractivity contribution in [1.82, 2.24) is 19.1 Å². The first kappa shape index (κ1) is 16.4. The first-order valence-electron chi connectivity index (χ1n) is 7.66. The van der Waals surface area contributed by atoms with Gasteiger partial charge >= 0.3 is 0 Å². The lowest BCUT2D eigenvalue weighted by atomic mass is 10.1. The molecule has 0 N–H and O–H groups in total. The van der Waals surface area contributed by atoms with Crippen molar-refractivity contribution >= 4 is 21.6 Å². The number of aryl methyl sites for hydroxylation is 1. The van der Waals surface area contributed by atoms with E-state index in [0.717, 1.165) is 25.1 Å². The summed E-state index contributed by atoms with van der Waals surface area (Å²) in [7, 11) is -3.48. The molecule has 2 heterocycles. The van der Waals surface area contributed by atoms with E-state index in [1.54, 1.807) is 24.5 Å². The third-order valence-electron chi connectivity index (χ3n) is 4.21. The van der Waals surface area contributed by atoms with E-state index in [1.165, 1.54) is 10.4 Å². The molecule has 0 amide bonds. The first-order valence-corrected chi connectivity index (χ1v) is 9.48. The average Bonchev–Trinajstić information content (AvgIpc) is 3.03. The average molecular weight is 355 g/mol. The van der Waals surface area contributed by atoms with Crippen molar-refractivity contribution < 1.29 is 8.42 Å². The third kappa shape index (κ3) is 3.27. The van der Waals surface area contributed by atoms with Gasteiger partial charge in [-0.25, -0.2) is 8.42 Å². The van der Waals surface area contributed by atoms with Gasteiger partial charge in [0.2, 0.25) is 10.0 Å². The zero-order valence-corrected chi connectivity index (χ0v) is 14.5. The minimum Gasteiger partial charge on any atom is -0.314 e. The fourth-order valence-corrected chi connectivity index (χ4v) is 4.73. The van der Waals surface area contributed by atoms with E-state index in [-0.39, 0.29) is 10.9 Å². The number of piperidine rings is 1. The molecule has 23 heavy (non-hydrogen) atoms. The molecule has 1 aromatic heterocycles. The Bertz CT molecular complexity index is 782. The van der Waals surface area contributed by atoms with Crippen LogP contribution in [0.3, 0.4) is 0 Å². The third-order valence-corrected chi connectivity index (χ3v) is 6.34. The Labute approximate surface area is 141 Å². The van der Waals surface area contributed by atoms with E-state index < -0.39 is 10.0 Å². The van der Waals surface area contributed by atoms with Crippen LogP contribution in [0.1, 0.15) is 31.6 Å². The molecule has 0 unspecified atom stereocenters. The highest BCUT2D eigenvalue weighted by atomic mass is 35.5. The number of halogens is 1. The molecule has 1 aliphatic rings. The number of sulfonamides is 1. The summed E-state index contributed by atoms with van der Waals surface area (Å²) in [5, 5.41) is 8.49. The summed E-state index contributed by atoms with van der Waals surface area (Å²) in [5.41, 5.74) is 0. The zero-order chi connectivity index (χ0) is 16.4. The summed E-state index contributed by atoms with van der Waals surface area (Å²) in [6.45, 7) is 3.01. The normalized spacial score (nSPS) is 17.5. The summed E-state index contributed by atoms with van der Waals surface area (Å²) >= 11 is 5.91. The van der Waals surface area contributed by atoms with Crippen molar-refractivity contribution in [2.24, 2.45) is 0 Å². The maximum Gasteiger partial charge on any atom is 0.243 e. The van der Waals surface area contributed by atoms with Gasteiger partial charge in [-0.1, -0.05) is 24.6 Å². The Morgan fingerprint density at radius 3 is 2.70 bits per heavy atom. The Kier molecular flexibility index (Phi) is 4.70. The van der Waals surface area contributed by atoms with Crippen LogP contribution in [0.5, 0.6) is 0 Å². The molecule has 1 fully saturated rings. The fraction of sp³-hybridized carbons (Fsp3) is 0.467. The highest BCUT2D eigenvalue weighted by Crippen LogP contribution is 2.28. The van der Waals surface area contributed by atoms with Gasteiger partial charge in [0, 0.05) is 30.6 Å². The number of rotatable bonds is 4. The second kappa shape index (κ2) is 6.59. The van der Waals surface area contributed by atoms with Crippen LogP contribution in [0.4, 0.5) is 0 Å². The lowest BCUT2D eigenvalue weighted by Crippen LogP contribution is -2.39. The summed E-state index contributed by atoms with van der Waals surface area (Å²) in [5.74, 6) is 0.946. The van der Waals surface area contributed by atoms with Crippen molar-refractivity contribution in [3.05, 3.63) is 41.4 Å². The zero-order valence-electron chi connectivity index (χ0n) is 12.9. The molecule has 0 radical (unpaired) electrons. The SMILES string of the molecule is CCc1nncn1C1CCN(S(=O)(=O)c2cccc(Cl)c2)CC1. The van der Waals surface area contributed by atoms with E-state index in [2.05, 4.69) is 14.8 Å². The molecule has 0 saturated carbocycles. The molecular weight excluding hydrogens is 336 g/mol. The number of hydrogen-bond donors (Lipinski definition) is 0. The molecular formula is C15H19ClN4O2S. The molecule has 0 bridgehead atoms. The van der Waals surface area contributed by atoms with Gasteiger partial charge in [-0.15, -0.1) is 10.2 Å². The van der Waals surface area contributed by atoms with Crippen LogP contribution in [-0.2, 0) is 16.4 Å². The lowest BCUT2D eigenvalue weighted by molar-refractivity contribution is 0.270. The summed E-state index contributed by atoms with van der Waals surface area (Å²) in [4.78, 5) is 0.252. The van der Waals surface area contributed by atoms with E-state index in [4.69, 9.17) is 11.6 Å². The van der Waals surface area contributed by atoms with Gasteiger partial charge in [0.05, 0.1) is 4.90 Å². The Morgan fingerprint density at radius 2 is 2.04 bits per heavy atom. The molecule has 8 heteroatoms. The van der Waals surface area contributed by atoms with Crippen LogP contribution in [0.2, 0.25) is 5.02 Å². The molecule has 0 spiro atoms. The second-order valence-electron chi connectivity index (χ2n) is 5.60. The first-order chi connectivity index (χ1) is 11.0. The van der Waals surface area contributed by atoms with Gasteiger partial charge in [0.25, 0.3) is 0 Å². The Balaban J connectivity index is 1.74. The monoisotopic (exact) mass is 354 g/mol. The molecule has 124 valence electrons. The predicted octanol–water partition coefficient (Wildman–Crippen LogP) is 2.52. The molecule has 6 nitrogen and oxygen atoms in total. The molecule has 1 saturated heterocycles. The summed E-state index contributed by atoms with van der Waals surface area (Å²) in [6, 6.07) is 6.67. The quantitative estimate of drug-likeness (QED) is 0.846. The van der Waals surface area contributed by atoms with Crippen molar-refractivity contribution in [2.75, 3.05) is 13.1 Å². The van der Waals surface area contributed by atoms with Gasteiger partial charge < -0.3 is 4.57 Å². The van der Waals surface area contributed by atoms with Crippen LogP contribution in [0.25, 0.3) is 0 Å². The largest absolute Gasteiger partial charge is 0.314 e. The predicted molar refractivity (Wildman–Crippen MR) is 87.9 cm³/mol. The van der Waals surface area contributed by atoms with E-state index in [1.807, 2.05) is 6.92 Å². The van der Waals surface area contributed by atoms with Gasteiger partial charge in [-0.2, -0.15) is 4.31 Å². The minimum atomic E-state index is -3.48. The lowest BCUT2D eigenvalue weighted by Gasteiger charge is -2.32. The maximum atomic E-state index is 12.7. The Morgan fingerprint density at radius 1 is 1.30 bits per heavy atom. The van der Waals surface area contributed by atoms with Crippen molar-refractivity contribution in [2.45, 2.75) is 37.1 Å². The number of benzene rings is 1. The number of nitrogens with zero attached hydrogens (tertiary/aromatic N) is 4. The summed E-state index contributed by atoms with van der Waals surface area (Å²) in [6.07, 6.45) is 4.07. The molecule has 1 aromatic carbocycles. The van der Waals surface area contributed by atoms with Crippen molar-refractivity contribution in [3.63, 3.8) is 0 Å². The van der Waals surface area contributed by atoms with Crippen LogP contribution in [0.15, 0.2) is 35.5 Å². The van der Waals surface area contributed by atoms with Crippen LogP contribution < -0.4 is 0 Å². The number of aromatic nitrogens is 3. The summed E-state index contributed by atoms with van der Waals surface area (Å²) < 4.78 is 29.0. The van der Waals surface area contributed by atoms with E-state index in [9.17, 15) is 8.42 Å². The minimum absolute atomic E-state index is 0.252. The van der Waals surface area contributed by atoms with Gasteiger partial charge in [-0.05, 0) is 31.0 Å². The topological polar surface area (TPSA) is 68.1 Å². The molecule has 1 aliphatic heterocycles. The van der Waals surface area contributed by atoms with Crippen LogP contribution in [-0.4, -0.2) is 40.6 Å². The smallest absolute Gasteiger partial charge is 0.243 e. The second-order valence-corrected chi connectivity index (χ2v) is 7.97. The fourth-order valence-electron chi connectivity index (χ4n) is 2.96. The van der Waals surface area contributed by atoms with Crippen molar-refractivity contribution in [1.29, 1.82) is 0 Å². The number of hydrogen-bond acceptors (Lipinski definition) is 4. The molecule has 3 rings (SSSR count). The van der Waals surface area contributed by atoms with Gasteiger partial charge in [-0.3, -0.25) is 0 Å². The van der Waals surface area contributed by atoms with Crippen LogP contribution in [0, 0.1) is 0 Å². The maximum absolute atomic E-state index is 12.7.